The van der Waals surface area contributed by atoms with Gasteiger partial charge in [-0.25, -0.2) is 4.79 Å². The monoisotopic (exact) mass is 989 g/mol. The molecular weight excluding hydrogens is 869 g/mol. The number of rotatable bonds is 11. The summed E-state index contributed by atoms with van der Waals surface area (Å²) in [6.45, 7) is 5.08. The van der Waals surface area contributed by atoms with E-state index in [0.717, 1.165) is 77.0 Å². The Morgan fingerprint density at radius 2 is 0.507 bits per heavy atom. The fraction of sp³-hybridized carbons (Fsp3) is 0.955. The summed E-state index contributed by atoms with van der Waals surface area (Å²) in [5, 5.41) is 29.5. The van der Waals surface area contributed by atoms with Crippen LogP contribution in [0.1, 0.15) is 347 Å². The maximum atomic E-state index is 16.4. The van der Waals surface area contributed by atoms with E-state index >= 15 is 4.79 Å². The minimum absolute atomic E-state index is 0.145. The van der Waals surface area contributed by atoms with Gasteiger partial charge in [-0.15, -0.1) is 0 Å². The molecule has 0 bridgehead atoms. The third-order valence-corrected chi connectivity index (χ3v) is 21.1. The highest BCUT2D eigenvalue weighted by Crippen LogP contribution is 2.53. The van der Waals surface area contributed by atoms with Crippen molar-refractivity contribution in [2.24, 2.45) is 41.4 Å². The van der Waals surface area contributed by atoms with Crippen LogP contribution in [0.3, 0.4) is 0 Å². The average molecular weight is 990 g/mol. The van der Waals surface area contributed by atoms with Gasteiger partial charge in [0.05, 0.1) is 5.60 Å². The van der Waals surface area contributed by atoms with Gasteiger partial charge in [-0.05, 0) is 113 Å². The SMILES string of the molecule is C=C(C(=O)OC(C1CCCCCCCCC1)C(O)(C1CCCCCCCCC1)C1CCCCCCCCC1)C(C1CCCCCCCCC1)C(O)(C1CCCCCCCCC1)C1CCCCCCCCC1. The molecule has 2 N–H and O–H groups in total. The second-order valence-electron chi connectivity index (χ2n) is 26.2. The highest BCUT2D eigenvalue weighted by Gasteiger charge is 2.56. The van der Waals surface area contributed by atoms with Crippen molar-refractivity contribution in [3.8, 4) is 0 Å². The topological polar surface area (TPSA) is 66.8 Å². The number of carbonyl (C=O) groups is 1. The second kappa shape index (κ2) is 34.7. The quantitative estimate of drug-likeness (QED) is 0.160. The Morgan fingerprint density at radius 1 is 0.310 bits per heavy atom. The Balaban J connectivity index is 1.48. The van der Waals surface area contributed by atoms with Crippen LogP contribution >= 0.6 is 0 Å². The van der Waals surface area contributed by atoms with Crippen LogP contribution in [-0.2, 0) is 9.53 Å². The number of hydrogen-bond donors (Lipinski definition) is 2. The third kappa shape index (κ3) is 19.3. The van der Waals surface area contributed by atoms with Gasteiger partial charge < -0.3 is 14.9 Å². The van der Waals surface area contributed by atoms with E-state index in [-0.39, 0.29) is 47.4 Å². The second-order valence-corrected chi connectivity index (χ2v) is 26.2. The Hall–Kier alpha value is -0.870. The number of ether oxygens (including phenoxy) is 1. The van der Waals surface area contributed by atoms with Crippen molar-refractivity contribution in [2.45, 2.75) is 364 Å². The van der Waals surface area contributed by atoms with Gasteiger partial charge in [0, 0.05) is 11.5 Å². The number of esters is 1. The van der Waals surface area contributed by atoms with Gasteiger partial charge in [0.2, 0.25) is 0 Å². The zero-order valence-electron chi connectivity index (χ0n) is 47.2. The Morgan fingerprint density at radius 3 is 0.761 bits per heavy atom. The predicted octanol–water partition coefficient (Wildman–Crippen LogP) is 20.4. The molecule has 4 heteroatoms. The molecule has 0 aliphatic heterocycles. The van der Waals surface area contributed by atoms with E-state index in [9.17, 15) is 10.2 Å². The van der Waals surface area contributed by atoms with Crippen LogP contribution in [-0.4, -0.2) is 33.5 Å². The first kappa shape index (κ1) is 59.4. The highest BCUT2D eigenvalue weighted by atomic mass is 16.6. The summed E-state index contributed by atoms with van der Waals surface area (Å²) in [6, 6.07) is 0. The van der Waals surface area contributed by atoms with E-state index in [1.165, 1.54) is 270 Å². The molecule has 2 atom stereocenters. The van der Waals surface area contributed by atoms with Crippen molar-refractivity contribution in [3.63, 3.8) is 0 Å². The number of hydrogen-bond acceptors (Lipinski definition) is 4. The summed E-state index contributed by atoms with van der Waals surface area (Å²) in [7, 11) is 0. The molecular formula is C67H120O4. The van der Waals surface area contributed by atoms with E-state index in [0.29, 0.717) is 5.57 Å². The lowest BCUT2D eigenvalue weighted by Crippen LogP contribution is -2.59. The van der Waals surface area contributed by atoms with Gasteiger partial charge in [-0.2, -0.15) is 0 Å². The predicted molar refractivity (Wildman–Crippen MR) is 303 cm³/mol. The summed E-state index contributed by atoms with van der Waals surface area (Å²) in [5.74, 6) is 0.514. The molecule has 71 heavy (non-hydrogen) atoms. The van der Waals surface area contributed by atoms with Crippen molar-refractivity contribution in [1.29, 1.82) is 0 Å². The molecule has 0 aromatic heterocycles. The van der Waals surface area contributed by atoms with Gasteiger partial charge in [0.25, 0.3) is 0 Å². The van der Waals surface area contributed by atoms with Crippen LogP contribution in [0.15, 0.2) is 12.2 Å². The van der Waals surface area contributed by atoms with Crippen molar-refractivity contribution >= 4 is 5.97 Å². The van der Waals surface area contributed by atoms with Crippen LogP contribution in [0.25, 0.3) is 0 Å². The highest BCUT2D eigenvalue weighted by molar-refractivity contribution is 5.89. The van der Waals surface area contributed by atoms with Crippen molar-refractivity contribution in [2.75, 3.05) is 0 Å². The summed E-state index contributed by atoms with van der Waals surface area (Å²) < 4.78 is 7.65. The molecule has 0 heterocycles. The fourth-order valence-corrected chi connectivity index (χ4v) is 16.9. The van der Waals surface area contributed by atoms with Gasteiger partial charge in [-0.1, -0.05) is 276 Å². The van der Waals surface area contributed by atoms with Crippen LogP contribution in [0.4, 0.5) is 0 Å². The smallest absolute Gasteiger partial charge is 0.334 e. The van der Waals surface area contributed by atoms with Gasteiger partial charge in [0.1, 0.15) is 11.7 Å². The molecule has 0 aromatic carbocycles. The van der Waals surface area contributed by atoms with Gasteiger partial charge >= 0.3 is 5.97 Å². The zero-order chi connectivity index (χ0) is 49.7. The molecule has 6 rings (SSSR count). The fourth-order valence-electron chi connectivity index (χ4n) is 16.9. The molecule has 0 aromatic rings. The largest absolute Gasteiger partial charge is 0.456 e. The van der Waals surface area contributed by atoms with E-state index in [1.807, 2.05) is 0 Å². The summed E-state index contributed by atoms with van der Waals surface area (Å²) >= 11 is 0. The molecule has 6 aliphatic rings. The van der Waals surface area contributed by atoms with Crippen LogP contribution in [0, 0.1) is 41.4 Å². The Labute approximate surface area is 441 Å². The van der Waals surface area contributed by atoms with Crippen LogP contribution in [0.5, 0.6) is 0 Å². The van der Waals surface area contributed by atoms with Crippen molar-refractivity contribution in [3.05, 3.63) is 12.2 Å². The maximum absolute atomic E-state index is 16.4. The van der Waals surface area contributed by atoms with E-state index in [1.54, 1.807) is 0 Å². The molecule has 412 valence electrons. The third-order valence-electron chi connectivity index (χ3n) is 21.1. The number of carbonyl (C=O) groups excluding carboxylic acids is 1. The van der Waals surface area contributed by atoms with E-state index in [2.05, 4.69) is 0 Å². The summed E-state index contributed by atoms with van der Waals surface area (Å²) in [6.07, 6.45) is 65.3. The molecule has 6 fully saturated rings. The van der Waals surface area contributed by atoms with Crippen LogP contribution in [0.2, 0.25) is 0 Å². The minimum atomic E-state index is -1.06. The lowest BCUT2D eigenvalue weighted by molar-refractivity contribution is -0.204. The Kier molecular flexibility index (Phi) is 29.0. The summed E-state index contributed by atoms with van der Waals surface area (Å²) in [4.78, 5) is 16.4. The van der Waals surface area contributed by atoms with E-state index in [4.69, 9.17) is 11.3 Å². The molecule has 0 saturated heterocycles. The Bertz CT molecular complexity index is 1280. The molecule has 6 saturated carbocycles. The molecule has 0 spiro atoms. The molecule has 2 unspecified atom stereocenters. The molecule has 4 nitrogen and oxygen atoms in total. The standard InChI is InChI=1S/C67H120O4/c1-56(63(57-44-32-20-8-2-9-21-33-45-57)66(69,59-48-36-24-12-4-13-25-37-49-59)60-50-38-26-14-5-15-27-39-51-60)65(68)71-64(58-46-34-22-10-3-11-23-35-47-58)67(70,61-52-40-28-16-6-17-29-41-53-61)62-54-42-30-18-7-19-31-43-55-62/h57-64,69-70H,1-55H2. The first-order chi connectivity index (χ1) is 34.9. The maximum Gasteiger partial charge on any atom is 0.334 e. The lowest BCUT2D eigenvalue weighted by atomic mass is 9.57. The van der Waals surface area contributed by atoms with Gasteiger partial charge in [-0.3, -0.25) is 0 Å². The minimum Gasteiger partial charge on any atom is -0.456 e. The lowest BCUT2D eigenvalue weighted by Gasteiger charge is -2.52. The van der Waals surface area contributed by atoms with Crippen LogP contribution < -0.4 is 0 Å². The van der Waals surface area contributed by atoms with Crippen molar-refractivity contribution in [1.82, 2.24) is 0 Å². The zero-order valence-corrected chi connectivity index (χ0v) is 47.2. The van der Waals surface area contributed by atoms with Crippen molar-refractivity contribution < 1.29 is 19.7 Å². The average Bonchev–Trinajstić information content (AvgIpc) is 3.40. The number of aliphatic hydroxyl groups is 2. The first-order valence-electron chi connectivity index (χ1n) is 33.3. The first-order valence-corrected chi connectivity index (χ1v) is 33.3. The molecule has 0 radical (unpaired) electrons. The van der Waals surface area contributed by atoms with E-state index < -0.39 is 17.3 Å². The molecule has 0 amide bonds. The molecule has 6 aliphatic carbocycles. The normalized spacial score (nSPS) is 26.5. The van der Waals surface area contributed by atoms with Gasteiger partial charge in [0.15, 0.2) is 0 Å². The summed E-state index contributed by atoms with van der Waals surface area (Å²) in [5.41, 5.74) is -1.43.